The van der Waals surface area contributed by atoms with Gasteiger partial charge in [0.05, 0.1) is 11.9 Å². The largest absolute Gasteiger partial charge is 0.383 e. The molecule has 5 nitrogen and oxygen atoms in total. The average Bonchev–Trinajstić information content (AvgIpc) is 2.19. The normalized spacial score (nSPS) is 25.1. The van der Waals surface area contributed by atoms with Crippen LogP contribution in [0.15, 0.2) is 0 Å². The summed E-state index contributed by atoms with van der Waals surface area (Å²) in [5.74, 6) is 0. The molecule has 0 aromatic carbocycles. The van der Waals surface area contributed by atoms with Crippen LogP contribution in [0.1, 0.15) is 19.8 Å². The fourth-order valence-corrected chi connectivity index (χ4v) is 2.84. The summed E-state index contributed by atoms with van der Waals surface area (Å²) in [6, 6.07) is 0.0306. The Balaban J connectivity index is 2.47. The molecule has 1 heterocycles. The molecule has 1 rings (SSSR count). The maximum absolute atomic E-state index is 11.8. The zero-order valence-electron chi connectivity index (χ0n) is 9.32. The summed E-state index contributed by atoms with van der Waals surface area (Å²) in [7, 11) is -1.73. The number of rotatable bonds is 5. The molecule has 0 spiro atoms. The van der Waals surface area contributed by atoms with Crippen LogP contribution in [0.3, 0.4) is 0 Å². The Labute approximate surface area is 91.6 Å². The van der Waals surface area contributed by atoms with Crippen LogP contribution in [0.2, 0.25) is 0 Å². The van der Waals surface area contributed by atoms with Crippen molar-refractivity contribution in [3.63, 3.8) is 0 Å². The molecule has 2 N–H and O–H groups in total. The van der Waals surface area contributed by atoms with Gasteiger partial charge in [0, 0.05) is 19.7 Å². The molecule has 15 heavy (non-hydrogen) atoms. The van der Waals surface area contributed by atoms with Gasteiger partial charge in [-0.05, 0) is 26.3 Å². The molecule has 0 aromatic heterocycles. The smallest absolute Gasteiger partial charge is 0.216 e. The maximum atomic E-state index is 11.8. The van der Waals surface area contributed by atoms with Crippen LogP contribution in [-0.2, 0) is 14.8 Å². The zero-order chi connectivity index (χ0) is 11.3. The van der Waals surface area contributed by atoms with E-state index in [1.54, 1.807) is 6.92 Å². The van der Waals surface area contributed by atoms with E-state index in [1.165, 1.54) is 7.11 Å². The Morgan fingerprint density at radius 2 is 2.33 bits per heavy atom. The highest BCUT2D eigenvalue weighted by atomic mass is 32.2. The minimum atomic E-state index is -3.24. The number of hydrogen-bond donors (Lipinski definition) is 2. The van der Waals surface area contributed by atoms with E-state index < -0.39 is 15.3 Å². The van der Waals surface area contributed by atoms with Crippen LogP contribution in [0.25, 0.3) is 0 Å². The van der Waals surface area contributed by atoms with Crippen molar-refractivity contribution in [2.75, 3.05) is 26.8 Å². The van der Waals surface area contributed by atoms with Crippen LogP contribution < -0.4 is 10.0 Å². The van der Waals surface area contributed by atoms with Crippen molar-refractivity contribution in [3.8, 4) is 0 Å². The van der Waals surface area contributed by atoms with Crippen LogP contribution in [0, 0.1) is 0 Å². The summed E-state index contributed by atoms with van der Waals surface area (Å²) in [5.41, 5.74) is 0. The summed E-state index contributed by atoms with van der Waals surface area (Å²) in [5, 5.41) is 2.67. The third kappa shape index (κ3) is 4.06. The van der Waals surface area contributed by atoms with Crippen molar-refractivity contribution in [1.82, 2.24) is 10.0 Å². The number of methoxy groups -OCH3 is 1. The van der Waals surface area contributed by atoms with Crippen molar-refractivity contribution < 1.29 is 13.2 Å². The Kier molecular flexibility index (Phi) is 4.98. The molecule has 0 bridgehead atoms. The second-order valence-corrected chi connectivity index (χ2v) is 6.10. The van der Waals surface area contributed by atoms with E-state index in [0.29, 0.717) is 0 Å². The van der Waals surface area contributed by atoms with Gasteiger partial charge in [0.1, 0.15) is 0 Å². The molecule has 6 heteroatoms. The van der Waals surface area contributed by atoms with Crippen LogP contribution >= 0.6 is 0 Å². The Hall–Kier alpha value is -0.170. The summed E-state index contributed by atoms with van der Waals surface area (Å²) < 4.78 is 31.1. The molecule has 90 valence electrons. The third-order valence-electron chi connectivity index (χ3n) is 2.56. The van der Waals surface area contributed by atoms with Gasteiger partial charge in [-0.1, -0.05) is 0 Å². The van der Waals surface area contributed by atoms with Gasteiger partial charge in [0.25, 0.3) is 0 Å². The number of ether oxygens (including phenoxy) is 1. The summed E-state index contributed by atoms with van der Waals surface area (Å²) in [6.07, 6.45) is 1.93. The van der Waals surface area contributed by atoms with Gasteiger partial charge in [0.2, 0.25) is 10.0 Å². The molecule has 0 unspecified atom stereocenters. The Morgan fingerprint density at radius 3 is 2.87 bits per heavy atom. The van der Waals surface area contributed by atoms with Crippen molar-refractivity contribution in [2.24, 2.45) is 0 Å². The Morgan fingerprint density at radius 1 is 1.60 bits per heavy atom. The molecule has 1 fully saturated rings. The molecule has 0 radical (unpaired) electrons. The fourth-order valence-electron chi connectivity index (χ4n) is 1.63. The van der Waals surface area contributed by atoms with Crippen molar-refractivity contribution in [3.05, 3.63) is 0 Å². The summed E-state index contributed by atoms with van der Waals surface area (Å²) in [4.78, 5) is 0. The number of piperidine rings is 1. The lowest BCUT2D eigenvalue weighted by molar-refractivity contribution is 0.200. The molecule has 0 aromatic rings. The topological polar surface area (TPSA) is 67.4 Å². The van der Waals surface area contributed by atoms with Gasteiger partial charge in [-0.15, -0.1) is 0 Å². The lowest BCUT2D eigenvalue weighted by atomic mass is 10.1. The minimum absolute atomic E-state index is 0.0306. The standard InChI is InChI=1S/C9H20N2O3S/c1-8(7-14-2)15(12,13)11-9-4-3-5-10-6-9/h8-11H,3-7H2,1-2H3/t8-,9+/m1/s1. The van der Waals surface area contributed by atoms with E-state index in [2.05, 4.69) is 10.0 Å². The highest BCUT2D eigenvalue weighted by molar-refractivity contribution is 7.90. The van der Waals surface area contributed by atoms with Gasteiger partial charge in [-0.25, -0.2) is 13.1 Å². The molecule has 1 aliphatic rings. The highest BCUT2D eigenvalue weighted by Gasteiger charge is 2.25. The second-order valence-electron chi connectivity index (χ2n) is 3.97. The second kappa shape index (κ2) is 5.79. The van der Waals surface area contributed by atoms with Crippen LogP contribution in [0.5, 0.6) is 0 Å². The molecular formula is C9H20N2O3S. The summed E-state index contributed by atoms with van der Waals surface area (Å²) >= 11 is 0. The predicted molar refractivity (Wildman–Crippen MR) is 59.3 cm³/mol. The van der Waals surface area contributed by atoms with E-state index >= 15 is 0 Å². The first-order valence-electron chi connectivity index (χ1n) is 5.27. The van der Waals surface area contributed by atoms with Crippen molar-refractivity contribution >= 4 is 10.0 Å². The number of sulfonamides is 1. The lowest BCUT2D eigenvalue weighted by Crippen LogP contribution is -2.48. The molecule has 1 saturated heterocycles. The quantitative estimate of drug-likeness (QED) is 0.687. The van der Waals surface area contributed by atoms with E-state index in [-0.39, 0.29) is 12.6 Å². The van der Waals surface area contributed by atoms with Gasteiger partial charge < -0.3 is 10.1 Å². The average molecular weight is 236 g/mol. The van der Waals surface area contributed by atoms with Crippen LogP contribution in [-0.4, -0.2) is 46.5 Å². The Bertz CT molecular complexity index is 273. The summed E-state index contributed by atoms with van der Waals surface area (Å²) in [6.45, 7) is 3.59. The van der Waals surface area contributed by atoms with E-state index in [0.717, 1.165) is 25.9 Å². The molecule has 0 amide bonds. The fraction of sp³-hybridized carbons (Fsp3) is 1.00. The lowest BCUT2D eigenvalue weighted by Gasteiger charge is -2.25. The number of nitrogens with one attached hydrogen (secondary N) is 2. The third-order valence-corrected chi connectivity index (χ3v) is 4.42. The van der Waals surface area contributed by atoms with E-state index in [4.69, 9.17) is 4.74 Å². The first kappa shape index (κ1) is 12.9. The van der Waals surface area contributed by atoms with Gasteiger partial charge in [0.15, 0.2) is 0 Å². The van der Waals surface area contributed by atoms with Crippen LogP contribution in [0.4, 0.5) is 0 Å². The molecule has 2 atom stereocenters. The SMILES string of the molecule is COC[C@@H](C)S(=O)(=O)N[C@H]1CCCNC1. The zero-order valence-corrected chi connectivity index (χ0v) is 10.1. The van der Waals surface area contributed by atoms with Crippen molar-refractivity contribution in [2.45, 2.75) is 31.1 Å². The number of hydrogen-bond acceptors (Lipinski definition) is 4. The molecule has 0 aliphatic carbocycles. The van der Waals surface area contributed by atoms with Gasteiger partial charge >= 0.3 is 0 Å². The molecular weight excluding hydrogens is 216 g/mol. The van der Waals surface area contributed by atoms with E-state index in [9.17, 15) is 8.42 Å². The molecule has 0 saturated carbocycles. The monoisotopic (exact) mass is 236 g/mol. The van der Waals surface area contributed by atoms with Crippen molar-refractivity contribution in [1.29, 1.82) is 0 Å². The van der Waals surface area contributed by atoms with Gasteiger partial charge in [-0.3, -0.25) is 0 Å². The minimum Gasteiger partial charge on any atom is -0.383 e. The first-order chi connectivity index (χ1) is 7.06. The molecule has 1 aliphatic heterocycles. The first-order valence-corrected chi connectivity index (χ1v) is 6.81. The highest BCUT2D eigenvalue weighted by Crippen LogP contribution is 2.06. The predicted octanol–water partition coefficient (Wildman–Crippen LogP) is -0.307. The maximum Gasteiger partial charge on any atom is 0.216 e. The van der Waals surface area contributed by atoms with E-state index in [1.807, 2.05) is 0 Å². The van der Waals surface area contributed by atoms with Gasteiger partial charge in [-0.2, -0.15) is 0 Å².